The monoisotopic (exact) mass is 246 g/mol. The Kier molecular flexibility index (Phi) is 4.43. The van der Waals surface area contributed by atoms with Crippen molar-refractivity contribution in [3.63, 3.8) is 0 Å². The van der Waals surface area contributed by atoms with Crippen LogP contribution in [0.25, 0.3) is 0 Å². The van der Waals surface area contributed by atoms with Gasteiger partial charge in [-0.3, -0.25) is 5.32 Å². The highest BCUT2D eigenvalue weighted by molar-refractivity contribution is 5.45. The van der Waals surface area contributed by atoms with Crippen LogP contribution in [0.15, 0.2) is 18.2 Å². The molecule has 18 heavy (non-hydrogen) atoms. The smallest absolute Gasteiger partial charge is 0.161 e. The van der Waals surface area contributed by atoms with Crippen LogP contribution in [0.2, 0.25) is 0 Å². The van der Waals surface area contributed by atoms with Crippen LogP contribution < -0.4 is 14.8 Å². The van der Waals surface area contributed by atoms with Gasteiger partial charge < -0.3 is 9.47 Å². The highest BCUT2D eigenvalue weighted by Gasteiger charge is 2.15. The molecule has 1 aromatic rings. The average Bonchev–Trinajstić information content (AvgIpc) is 2.64. The SMILES string of the molecule is CCCNC(C#N)c1ccc2c(c1)OCCCO2. The van der Waals surface area contributed by atoms with Crippen molar-refractivity contribution in [3.05, 3.63) is 23.8 Å². The molecule has 0 saturated heterocycles. The van der Waals surface area contributed by atoms with Crippen molar-refractivity contribution in [2.24, 2.45) is 0 Å². The first-order valence-electron chi connectivity index (χ1n) is 6.37. The van der Waals surface area contributed by atoms with Gasteiger partial charge in [0.2, 0.25) is 0 Å². The molecule has 1 atom stereocenters. The first-order chi connectivity index (χ1) is 8.85. The lowest BCUT2D eigenvalue weighted by Crippen LogP contribution is -2.20. The quantitative estimate of drug-likeness (QED) is 0.886. The van der Waals surface area contributed by atoms with Crippen molar-refractivity contribution in [2.75, 3.05) is 19.8 Å². The third-order valence-electron chi connectivity index (χ3n) is 2.83. The molecule has 0 saturated carbocycles. The fraction of sp³-hybridized carbons (Fsp3) is 0.500. The zero-order valence-corrected chi connectivity index (χ0v) is 10.6. The summed E-state index contributed by atoms with van der Waals surface area (Å²) in [5.74, 6) is 1.51. The number of nitrogens with zero attached hydrogens (tertiary/aromatic N) is 1. The average molecular weight is 246 g/mol. The summed E-state index contributed by atoms with van der Waals surface area (Å²) < 4.78 is 11.2. The van der Waals surface area contributed by atoms with E-state index in [1.165, 1.54) is 0 Å². The lowest BCUT2D eigenvalue weighted by molar-refractivity contribution is 0.297. The van der Waals surface area contributed by atoms with E-state index in [4.69, 9.17) is 9.47 Å². The van der Waals surface area contributed by atoms with Gasteiger partial charge in [-0.2, -0.15) is 5.26 Å². The van der Waals surface area contributed by atoms with E-state index < -0.39 is 0 Å². The molecule has 1 N–H and O–H groups in total. The van der Waals surface area contributed by atoms with E-state index in [1.54, 1.807) is 0 Å². The van der Waals surface area contributed by atoms with Gasteiger partial charge in [-0.15, -0.1) is 0 Å². The maximum Gasteiger partial charge on any atom is 0.161 e. The fourth-order valence-electron chi connectivity index (χ4n) is 1.89. The molecular weight excluding hydrogens is 228 g/mol. The second kappa shape index (κ2) is 6.27. The summed E-state index contributed by atoms with van der Waals surface area (Å²) in [5.41, 5.74) is 0.926. The lowest BCUT2D eigenvalue weighted by Gasteiger charge is -2.14. The number of fused-ring (bicyclic) bond motifs is 1. The molecule has 1 unspecified atom stereocenters. The minimum atomic E-state index is -0.290. The fourth-order valence-corrected chi connectivity index (χ4v) is 1.89. The number of hydrogen-bond acceptors (Lipinski definition) is 4. The Morgan fingerprint density at radius 3 is 2.83 bits per heavy atom. The molecule has 96 valence electrons. The number of hydrogen-bond donors (Lipinski definition) is 1. The zero-order chi connectivity index (χ0) is 12.8. The Morgan fingerprint density at radius 1 is 1.33 bits per heavy atom. The summed E-state index contributed by atoms with van der Waals surface area (Å²) in [4.78, 5) is 0. The molecule has 0 spiro atoms. The van der Waals surface area contributed by atoms with Crippen LogP contribution in [-0.4, -0.2) is 19.8 Å². The van der Waals surface area contributed by atoms with Crippen LogP contribution in [0.5, 0.6) is 11.5 Å². The van der Waals surface area contributed by atoms with Crippen LogP contribution in [0.1, 0.15) is 31.4 Å². The van der Waals surface area contributed by atoms with Gasteiger partial charge in [-0.25, -0.2) is 0 Å². The van der Waals surface area contributed by atoms with Crippen molar-refractivity contribution in [1.82, 2.24) is 5.32 Å². The van der Waals surface area contributed by atoms with Crippen molar-refractivity contribution >= 4 is 0 Å². The lowest BCUT2D eigenvalue weighted by atomic mass is 10.1. The molecule has 0 aliphatic carbocycles. The second-order valence-electron chi connectivity index (χ2n) is 4.27. The Balaban J connectivity index is 2.18. The van der Waals surface area contributed by atoms with E-state index in [9.17, 15) is 5.26 Å². The van der Waals surface area contributed by atoms with Crippen LogP contribution in [0.3, 0.4) is 0 Å². The molecule has 0 fully saturated rings. The minimum absolute atomic E-state index is 0.290. The highest BCUT2D eigenvalue weighted by atomic mass is 16.5. The minimum Gasteiger partial charge on any atom is -0.490 e. The molecular formula is C14H18N2O2. The van der Waals surface area contributed by atoms with E-state index in [-0.39, 0.29) is 6.04 Å². The Bertz CT molecular complexity index is 440. The van der Waals surface area contributed by atoms with Crippen LogP contribution in [-0.2, 0) is 0 Å². The molecule has 1 aromatic carbocycles. The van der Waals surface area contributed by atoms with Gasteiger partial charge in [0.05, 0.1) is 19.3 Å². The zero-order valence-electron chi connectivity index (χ0n) is 10.6. The topological polar surface area (TPSA) is 54.3 Å². The van der Waals surface area contributed by atoms with Gasteiger partial charge in [-0.1, -0.05) is 13.0 Å². The molecule has 4 heteroatoms. The number of rotatable bonds is 4. The molecule has 0 amide bonds. The van der Waals surface area contributed by atoms with Gasteiger partial charge in [0.15, 0.2) is 11.5 Å². The summed E-state index contributed by atoms with van der Waals surface area (Å²) in [5, 5.41) is 12.4. The predicted molar refractivity (Wildman–Crippen MR) is 68.7 cm³/mol. The second-order valence-corrected chi connectivity index (χ2v) is 4.27. The van der Waals surface area contributed by atoms with E-state index >= 15 is 0 Å². The highest BCUT2D eigenvalue weighted by Crippen LogP contribution is 2.32. The summed E-state index contributed by atoms with van der Waals surface area (Å²) in [6, 6.07) is 7.68. The van der Waals surface area contributed by atoms with Crippen LogP contribution in [0.4, 0.5) is 0 Å². The first-order valence-corrected chi connectivity index (χ1v) is 6.37. The van der Waals surface area contributed by atoms with Crippen LogP contribution in [0, 0.1) is 11.3 Å². The van der Waals surface area contributed by atoms with Gasteiger partial charge in [0.25, 0.3) is 0 Å². The molecule has 2 rings (SSSR count). The van der Waals surface area contributed by atoms with E-state index in [0.717, 1.165) is 36.4 Å². The summed E-state index contributed by atoms with van der Waals surface area (Å²) >= 11 is 0. The third-order valence-corrected chi connectivity index (χ3v) is 2.83. The molecule has 0 radical (unpaired) electrons. The van der Waals surface area contributed by atoms with Crippen molar-refractivity contribution in [3.8, 4) is 17.6 Å². The molecule has 1 aliphatic rings. The van der Waals surface area contributed by atoms with Crippen molar-refractivity contribution in [2.45, 2.75) is 25.8 Å². The van der Waals surface area contributed by atoms with Crippen molar-refractivity contribution in [1.29, 1.82) is 5.26 Å². The molecule has 1 aliphatic heterocycles. The van der Waals surface area contributed by atoms with E-state index in [0.29, 0.717) is 13.2 Å². The summed E-state index contributed by atoms with van der Waals surface area (Å²) in [6.07, 6.45) is 1.89. The Labute approximate surface area is 108 Å². The van der Waals surface area contributed by atoms with Crippen molar-refractivity contribution < 1.29 is 9.47 Å². The summed E-state index contributed by atoms with van der Waals surface area (Å²) in [6.45, 7) is 4.25. The van der Waals surface area contributed by atoms with Gasteiger partial charge in [-0.05, 0) is 30.7 Å². The summed E-state index contributed by atoms with van der Waals surface area (Å²) in [7, 11) is 0. The molecule has 4 nitrogen and oxygen atoms in total. The molecule has 1 heterocycles. The van der Waals surface area contributed by atoms with E-state index in [1.807, 2.05) is 18.2 Å². The molecule has 0 bridgehead atoms. The number of nitriles is 1. The molecule has 0 aromatic heterocycles. The Morgan fingerprint density at radius 2 is 2.11 bits per heavy atom. The van der Waals surface area contributed by atoms with Gasteiger partial charge in [0, 0.05) is 6.42 Å². The largest absolute Gasteiger partial charge is 0.490 e. The normalized spacial score (nSPS) is 15.6. The number of ether oxygens (including phenoxy) is 2. The maximum atomic E-state index is 9.18. The Hall–Kier alpha value is -1.73. The van der Waals surface area contributed by atoms with Gasteiger partial charge >= 0.3 is 0 Å². The number of benzene rings is 1. The van der Waals surface area contributed by atoms with E-state index in [2.05, 4.69) is 18.3 Å². The third kappa shape index (κ3) is 2.93. The van der Waals surface area contributed by atoms with Gasteiger partial charge in [0.1, 0.15) is 6.04 Å². The number of nitrogens with one attached hydrogen (secondary N) is 1. The standard InChI is InChI=1S/C14H18N2O2/c1-2-6-16-12(10-15)11-4-5-13-14(9-11)18-8-3-7-17-13/h4-5,9,12,16H,2-3,6-8H2,1H3. The predicted octanol–water partition coefficient (Wildman–Crippen LogP) is 2.41. The first kappa shape index (κ1) is 12.7. The maximum absolute atomic E-state index is 9.18. The van der Waals surface area contributed by atoms with Crippen LogP contribution >= 0.6 is 0 Å².